The molecule has 8 aromatic rings. The zero-order valence-electron chi connectivity index (χ0n) is 25.7. The van der Waals surface area contributed by atoms with Crippen molar-refractivity contribution >= 4 is 49.6 Å². The van der Waals surface area contributed by atoms with Crippen molar-refractivity contribution in [3.05, 3.63) is 138 Å². The molecule has 0 saturated carbocycles. The Morgan fingerprint density at radius 2 is 1.39 bits per heavy atom. The standard InChI is InChI=1S/C43H31N3/c1-26-11-24-38-45-42-36-9-5-6-10-37(36)44-41(43(42)46(38)25-26)31-14-12-28(13-15-31)33-21-17-30-18-22-34-32(27-7-3-2-4-8-27)20-16-29-19-23-35(33)40(30)39(29)34/h2-18,20-22,24,26H,19,23,25H2,1H3. The van der Waals surface area contributed by atoms with E-state index >= 15 is 0 Å². The molecule has 218 valence electrons. The van der Waals surface area contributed by atoms with Crippen LogP contribution in [0, 0.1) is 5.92 Å². The first-order valence-electron chi connectivity index (χ1n) is 16.3. The van der Waals surface area contributed by atoms with Gasteiger partial charge in [0.15, 0.2) is 0 Å². The molecule has 3 heteroatoms. The highest BCUT2D eigenvalue weighted by Crippen LogP contribution is 2.44. The number of allylic oxidation sites excluding steroid dienone is 1. The number of pyridine rings is 1. The summed E-state index contributed by atoms with van der Waals surface area (Å²) in [6, 6.07) is 42.3. The Bertz CT molecular complexity index is 2550. The van der Waals surface area contributed by atoms with Gasteiger partial charge in [-0.15, -0.1) is 0 Å². The number of hydrogen-bond acceptors (Lipinski definition) is 2. The van der Waals surface area contributed by atoms with Crippen molar-refractivity contribution in [2.24, 2.45) is 5.92 Å². The molecule has 0 bridgehead atoms. The molecule has 46 heavy (non-hydrogen) atoms. The maximum Gasteiger partial charge on any atom is 0.133 e. The normalized spacial score (nSPS) is 15.4. The van der Waals surface area contributed by atoms with Crippen molar-refractivity contribution in [2.75, 3.05) is 0 Å². The van der Waals surface area contributed by atoms with Crippen LogP contribution in [0.5, 0.6) is 0 Å². The second-order valence-electron chi connectivity index (χ2n) is 13.0. The molecule has 1 unspecified atom stereocenters. The van der Waals surface area contributed by atoms with Crippen LogP contribution in [0.15, 0.2) is 121 Å². The van der Waals surface area contributed by atoms with Crippen molar-refractivity contribution in [3.63, 3.8) is 0 Å². The molecular weight excluding hydrogens is 558 g/mol. The van der Waals surface area contributed by atoms with Gasteiger partial charge in [0.1, 0.15) is 11.3 Å². The molecule has 1 atom stereocenters. The molecule has 1 aliphatic heterocycles. The fourth-order valence-electron chi connectivity index (χ4n) is 8.04. The number of aromatic nitrogens is 3. The monoisotopic (exact) mass is 589 g/mol. The molecule has 6 aromatic carbocycles. The number of aryl methyl sites for hydroxylation is 2. The fourth-order valence-corrected chi connectivity index (χ4v) is 8.04. The van der Waals surface area contributed by atoms with Gasteiger partial charge < -0.3 is 4.57 Å². The highest BCUT2D eigenvalue weighted by molar-refractivity contribution is 6.17. The van der Waals surface area contributed by atoms with Gasteiger partial charge in [-0.1, -0.05) is 122 Å². The topological polar surface area (TPSA) is 30.7 Å². The Morgan fingerprint density at radius 1 is 0.630 bits per heavy atom. The number of imidazole rings is 1. The van der Waals surface area contributed by atoms with Crippen molar-refractivity contribution in [1.82, 2.24) is 14.5 Å². The summed E-state index contributed by atoms with van der Waals surface area (Å²) < 4.78 is 2.36. The maximum absolute atomic E-state index is 5.25. The summed E-state index contributed by atoms with van der Waals surface area (Å²) in [5, 5.41) is 6.63. The summed E-state index contributed by atoms with van der Waals surface area (Å²) >= 11 is 0. The third kappa shape index (κ3) is 3.72. The van der Waals surface area contributed by atoms with Crippen LogP contribution in [0.1, 0.15) is 23.9 Å². The van der Waals surface area contributed by atoms with Crippen LogP contribution < -0.4 is 0 Å². The van der Waals surface area contributed by atoms with Crippen molar-refractivity contribution in [1.29, 1.82) is 0 Å². The summed E-state index contributed by atoms with van der Waals surface area (Å²) in [4.78, 5) is 10.4. The summed E-state index contributed by atoms with van der Waals surface area (Å²) in [6.07, 6.45) is 6.53. The molecule has 2 aliphatic rings. The van der Waals surface area contributed by atoms with E-state index < -0.39 is 0 Å². The number of para-hydroxylation sites is 1. The zero-order chi connectivity index (χ0) is 30.4. The lowest BCUT2D eigenvalue weighted by atomic mass is 9.81. The molecule has 0 radical (unpaired) electrons. The Kier molecular flexibility index (Phi) is 5.45. The van der Waals surface area contributed by atoms with Gasteiger partial charge in [0.2, 0.25) is 0 Å². The maximum atomic E-state index is 5.25. The SMILES string of the molecule is CC1C=Cc2nc3c4ccccc4nc(-c4ccc(-c5ccc6ccc7c(-c8ccccc8)ccc8c7c6c5CC8)cc4)c3n2C1. The molecule has 0 N–H and O–H groups in total. The molecular formula is C43H31N3. The van der Waals surface area contributed by atoms with Crippen molar-refractivity contribution in [3.8, 4) is 33.5 Å². The molecule has 3 nitrogen and oxygen atoms in total. The van der Waals surface area contributed by atoms with E-state index in [1.807, 2.05) is 0 Å². The number of nitrogens with zero attached hydrogens (tertiary/aromatic N) is 3. The van der Waals surface area contributed by atoms with Gasteiger partial charge in [-0.25, -0.2) is 9.97 Å². The van der Waals surface area contributed by atoms with Crippen LogP contribution in [0.25, 0.3) is 83.1 Å². The summed E-state index contributed by atoms with van der Waals surface area (Å²) in [7, 11) is 0. The lowest BCUT2D eigenvalue weighted by Gasteiger charge is -2.23. The molecule has 0 amide bonds. The van der Waals surface area contributed by atoms with Crippen LogP contribution in [-0.4, -0.2) is 14.5 Å². The highest BCUT2D eigenvalue weighted by atomic mass is 15.1. The summed E-state index contributed by atoms with van der Waals surface area (Å²) in [5.74, 6) is 1.47. The minimum atomic E-state index is 0.455. The fraction of sp³-hybridized carbons (Fsp3) is 0.116. The molecule has 1 aliphatic carbocycles. The quantitative estimate of drug-likeness (QED) is 0.192. The number of benzene rings is 6. The van der Waals surface area contributed by atoms with E-state index in [0.717, 1.165) is 58.4 Å². The average Bonchev–Trinajstić information content (AvgIpc) is 3.49. The van der Waals surface area contributed by atoms with E-state index in [0.29, 0.717) is 5.92 Å². The van der Waals surface area contributed by atoms with Crippen LogP contribution in [0.3, 0.4) is 0 Å². The molecule has 0 spiro atoms. The first-order valence-corrected chi connectivity index (χ1v) is 16.3. The second kappa shape index (κ2) is 9.73. The van der Waals surface area contributed by atoms with Crippen molar-refractivity contribution < 1.29 is 0 Å². The predicted octanol–water partition coefficient (Wildman–Crippen LogP) is 10.7. The third-order valence-corrected chi connectivity index (χ3v) is 10.2. The third-order valence-electron chi connectivity index (χ3n) is 10.2. The lowest BCUT2D eigenvalue weighted by molar-refractivity contribution is 0.568. The van der Waals surface area contributed by atoms with Gasteiger partial charge in [0.25, 0.3) is 0 Å². The van der Waals surface area contributed by atoms with Gasteiger partial charge in [0.05, 0.1) is 16.7 Å². The van der Waals surface area contributed by atoms with E-state index in [9.17, 15) is 0 Å². The average molecular weight is 590 g/mol. The zero-order valence-corrected chi connectivity index (χ0v) is 25.7. The minimum Gasteiger partial charge on any atom is -0.322 e. The largest absolute Gasteiger partial charge is 0.322 e. The van der Waals surface area contributed by atoms with Gasteiger partial charge in [-0.05, 0) is 85.8 Å². The predicted molar refractivity (Wildman–Crippen MR) is 192 cm³/mol. The van der Waals surface area contributed by atoms with E-state index in [4.69, 9.17) is 9.97 Å². The number of fused-ring (bicyclic) bond motifs is 5. The lowest BCUT2D eigenvalue weighted by Crippen LogP contribution is -2.11. The summed E-state index contributed by atoms with van der Waals surface area (Å²) in [5.41, 5.74) is 13.4. The Labute approximate surface area is 267 Å². The molecule has 10 rings (SSSR count). The van der Waals surface area contributed by atoms with E-state index in [1.54, 1.807) is 0 Å². The van der Waals surface area contributed by atoms with Gasteiger partial charge in [0, 0.05) is 17.5 Å². The van der Waals surface area contributed by atoms with Gasteiger partial charge in [-0.3, -0.25) is 0 Å². The molecule has 2 aromatic heterocycles. The van der Waals surface area contributed by atoms with E-state index in [2.05, 4.69) is 139 Å². The minimum absolute atomic E-state index is 0.455. The Morgan fingerprint density at radius 3 is 2.28 bits per heavy atom. The molecule has 0 saturated heterocycles. The Balaban J connectivity index is 1.14. The molecule has 0 fully saturated rings. The van der Waals surface area contributed by atoms with Gasteiger partial charge in [-0.2, -0.15) is 0 Å². The van der Waals surface area contributed by atoms with Crippen LogP contribution in [-0.2, 0) is 19.4 Å². The summed E-state index contributed by atoms with van der Waals surface area (Å²) in [6.45, 7) is 3.18. The van der Waals surface area contributed by atoms with Crippen LogP contribution >= 0.6 is 0 Å². The van der Waals surface area contributed by atoms with E-state index in [1.165, 1.54) is 54.9 Å². The van der Waals surface area contributed by atoms with Gasteiger partial charge >= 0.3 is 0 Å². The molecule has 3 heterocycles. The smallest absolute Gasteiger partial charge is 0.133 e. The number of rotatable bonds is 3. The van der Waals surface area contributed by atoms with Crippen LogP contribution in [0.2, 0.25) is 0 Å². The Hall–Kier alpha value is -5.54. The van der Waals surface area contributed by atoms with Crippen LogP contribution in [0.4, 0.5) is 0 Å². The first kappa shape index (κ1) is 25.8. The highest BCUT2D eigenvalue weighted by Gasteiger charge is 2.23. The van der Waals surface area contributed by atoms with Crippen molar-refractivity contribution in [2.45, 2.75) is 26.3 Å². The second-order valence-corrected chi connectivity index (χ2v) is 13.0. The van der Waals surface area contributed by atoms with E-state index in [-0.39, 0.29) is 0 Å². The first-order chi connectivity index (χ1) is 22.7. The number of hydrogen-bond donors (Lipinski definition) is 0.